The van der Waals surface area contributed by atoms with Gasteiger partial charge in [0.15, 0.2) is 11.6 Å². The van der Waals surface area contributed by atoms with Crippen LogP contribution in [0.2, 0.25) is 5.02 Å². The maximum absolute atomic E-state index is 13.1. The second-order valence-corrected chi connectivity index (χ2v) is 5.15. The van der Waals surface area contributed by atoms with E-state index in [9.17, 15) is 8.78 Å². The van der Waals surface area contributed by atoms with Gasteiger partial charge in [-0.25, -0.2) is 8.78 Å². The van der Waals surface area contributed by atoms with Crippen LogP contribution in [0.15, 0.2) is 40.1 Å². The fourth-order valence-electron chi connectivity index (χ4n) is 1.66. The van der Waals surface area contributed by atoms with Crippen molar-refractivity contribution >= 4 is 34.7 Å². The van der Waals surface area contributed by atoms with E-state index in [0.717, 1.165) is 16.6 Å². The predicted octanol–water partition coefficient (Wildman–Crippen LogP) is 4.83. The molecule has 0 saturated heterocycles. The molecule has 0 amide bonds. The molecule has 1 heterocycles. The molecular formula is C12H6ClF2NS. The Labute approximate surface area is 106 Å². The van der Waals surface area contributed by atoms with Gasteiger partial charge in [-0.15, -0.1) is 0 Å². The van der Waals surface area contributed by atoms with Crippen molar-refractivity contribution in [1.82, 2.24) is 0 Å². The Bertz CT molecular complexity index is 616. The smallest absolute Gasteiger partial charge is 0.160 e. The van der Waals surface area contributed by atoms with Gasteiger partial charge in [-0.2, -0.15) is 0 Å². The summed E-state index contributed by atoms with van der Waals surface area (Å²) in [6, 6.07) is 7.72. The lowest BCUT2D eigenvalue weighted by molar-refractivity contribution is 0.506. The van der Waals surface area contributed by atoms with Crippen LogP contribution in [0, 0.1) is 11.6 Å². The lowest BCUT2D eigenvalue weighted by atomic mass is 10.2. The number of benzene rings is 2. The van der Waals surface area contributed by atoms with E-state index in [0.29, 0.717) is 15.6 Å². The summed E-state index contributed by atoms with van der Waals surface area (Å²) in [5, 5.41) is 3.64. The van der Waals surface area contributed by atoms with Crippen LogP contribution in [-0.2, 0) is 0 Å². The van der Waals surface area contributed by atoms with Crippen molar-refractivity contribution < 1.29 is 8.78 Å². The second-order valence-electron chi connectivity index (χ2n) is 3.63. The molecule has 0 aliphatic carbocycles. The SMILES string of the molecule is Fc1cc2c(cc1F)Sc1ccc(Cl)cc1N2. The van der Waals surface area contributed by atoms with E-state index in [2.05, 4.69) is 5.32 Å². The van der Waals surface area contributed by atoms with E-state index in [4.69, 9.17) is 11.6 Å². The number of fused-ring (bicyclic) bond motifs is 2. The molecule has 0 spiro atoms. The van der Waals surface area contributed by atoms with Gasteiger partial charge in [0.1, 0.15) is 0 Å². The molecule has 2 aromatic carbocycles. The molecule has 5 heteroatoms. The zero-order valence-corrected chi connectivity index (χ0v) is 10.0. The first kappa shape index (κ1) is 10.9. The summed E-state index contributed by atoms with van der Waals surface area (Å²) >= 11 is 7.26. The first-order valence-corrected chi connectivity index (χ1v) is 6.06. The molecule has 0 unspecified atom stereocenters. The molecule has 0 fully saturated rings. The summed E-state index contributed by atoms with van der Waals surface area (Å²) < 4.78 is 26.2. The van der Waals surface area contributed by atoms with Crippen LogP contribution >= 0.6 is 23.4 Å². The van der Waals surface area contributed by atoms with Gasteiger partial charge in [-0.1, -0.05) is 23.4 Å². The predicted molar refractivity (Wildman–Crippen MR) is 65.2 cm³/mol. The van der Waals surface area contributed by atoms with Gasteiger partial charge >= 0.3 is 0 Å². The van der Waals surface area contributed by atoms with E-state index < -0.39 is 11.6 Å². The average molecular weight is 270 g/mol. The molecule has 1 aliphatic rings. The van der Waals surface area contributed by atoms with Crippen molar-refractivity contribution in [3.8, 4) is 0 Å². The topological polar surface area (TPSA) is 12.0 Å². The molecule has 0 radical (unpaired) electrons. The van der Waals surface area contributed by atoms with Crippen molar-refractivity contribution in [2.75, 3.05) is 5.32 Å². The highest BCUT2D eigenvalue weighted by Crippen LogP contribution is 2.45. The molecule has 1 aliphatic heterocycles. The van der Waals surface area contributed by atoms with Crippen molar-refractivity contribution in [3.05, 3.63) is 47.0 Å². The van der Waals surface area contributed by atoms with Crippen LogP contribution in [0.25, 0.3) is 0 Å². The fraction of sp³-hybridized carbons (Fsp3) is 0. The molecule has 3 rings (SSSR count). The lowest BCUT2D eigenvalue weighted by Gasteiger charge is -2.20. The minimum Gasteiger partial charge on any atom is -0.354 e. The van der Waals surface area contributed by atoms with E-state index in [1.807, 2.05) is 6.07 Å². The van der Waals surface area contributed by atoms with Gasteiger partial charge in [0.2, 0.25) is 0 Å². The second kappa shape index (κ2) is 3.89. The number of hydrogen-bond acceptors (Lipinski definition) is 2. The summed E-state index contributed by atoms with van der Waals surface area (Å²) in [6.45, 7) is 0. The van der Waals surface area contributed by atoms with Gasteiger partial charge in [0.25, 0.3) is 0 Å². The molecule has 1 nitrogen and oxygen atoms in total. The molecule has 0 bridgehead atoms. The zero-order valence-electron chi connectivity index (χ0n) is 8.43. The van der Waals surface area contributed by atoms with Crippen LogP contribution < -0.4 is 5.32 Å². The first-order valence-electron chi connectivity index (χ1n) is 4.87. The number of halogens is 3. The normalized spacial score (nSPS) is 12.6. The maximum Gasteiger partial charge on any atom is 0.160 e. The van der Waals surface area contributed by atoms with E-state index >= 15 is 0 Å². The summed E-state index contributed by atoms with van der Waals surface area (Å²) in [6.07, 6.45) is 0. The maximum atomic E-state index is 13.1. The van der Waals surface area contributed by atoms with Gasteiger partial charge in [0.05, 0.1) is 11.4 Å². The van der Waals surface area contributed by atoms with Crippen LogP contribution in [0.3, 0.4) is 0 Å². The van der Waals surface area contributed by atoms with Gasteiger partial charge in [0, 0.05) is 20.9 Å². The molecular weight excluding hydrogens is 264 g/mol. The Morgan fingerprint density at radius 1 is 0.941 bits per heavy atom. The fourth-order valence-corrected chi connectivity index (χ4v) is 2.81. The molecule has 1 N–H and O–H groups in total. The minimum atomic E-state index is -0.859. The number of anilines is 2. The number of hydrogen-bond donors (Lipinski definition) is 1. The molecule has 0 aromatic heterocycles. The van der Waals surface area contributed by atoms with E-state index in [1.165, 1.54) is 17.8 Å². The minimum absolute atomic E-state index is 0.559. The third-order valence-corrected chi connectivity index (χ3v) is 3.82. The van der Waals surface area contributed by atoms with Crippen molar-refractivity contribution in [3.63, 3.8) is 0 Å². The third kappa shape index (κ3) is 1.87. The highest BCUT2D eigenvalue weighted by molar-refractivity contribution is 7.99. The number of nitrogens with one attached hydrogen (secondary N) is 1. The molecule has 0 saturated carbocycles. The highest BCUT2D eigenvalue weighted by atomic mass is 35.5. The van der Waals surface area contributed by atoms with Gasteiger partial charge in [-0.05, 0) is 24.3 Å². The summed E-state index contributed by atoms with van der Waals surface area (Å²) in [4.78, 5) is 1.60. The molecule has 17 heavy (non-hydrogen) atoms. The third-order valence-electron chi connectivity index (χ3n) is 2.45. The highest BCUT2D eigenvalue weighted by Gasteiger charge is 2.18. The van der Waals surface area contributed by atoms with Crippen molar-refractivity contribution in [2.45, 2.75) is 9.79 Å². The Hall–Kier alpha value is -1.26. The summed E-state index contributed by atoms with van der Waals surface area (Å²) in [5.74, 6) is -1.70. The molecule has 0 atom stereocenters. The Morgan fingerprint density at radius 3 is 2.47 bits per heavy atom. The number of rotatable bonds is 0. The van der Waals surface area contributed by atoms with E-state index in [1.54, 1.807) is 12.1 Å². The zero-order chi connectivity index (χ0) is 12.0. The first-order chi connectivity index (χ1) is 8.13. The molecule has 86 valence electrons. The monoisotopic (exact) mass is 269 g/mol. The largest absolute Gasteiger partial charge is 0.354 e. The average Bonchev–Trinajstić information content (AvgIpc) is 2.28. The Morgan fingerprint density at radius 2 is 1.65 bits per heavy atom. The van der Waals surface area contributed by atoms with Crippen LogP contribution in [-0.4, -0.2) is 0 Å². The van der Waals surface area contributed by atoms with Crippen molar-refractivity contribution in [2.24, 2.45) is 0 Å². The van der Waals surface area contributed by atoms with Crippen LogP contribution in [0.1, 0.15) is 0 Å². The molecule has 2 aromatic rings. The lowest BCUT2D eigenvalue weighted by Crippen LogP contribution is -2.01. The summed E-state index contributed by atoms with van der Waals surface area (Å²) in [7, 11) is 0. The quantitative estimate of drug-likeness (QED) is 0.627. The van der Waals surface area contributed by atoms with Crippen molar-refractivity contribution in [1.29, 1.82) is 0 Å². The van der Waals surface area contributed by atoms with E-state index in [-0.39, 0.29) is 0 Å². The van der Waals surface area contributed by atoms with Gasteiger partial charge < -0.3 is 5.32 Å². The standard InChI is InChI=1S/C12H6ClF2NS/c13-6-1-2-11-9(3-6)16-10-4-7(14)8(15)5-12(10)17-11/h1-5,16H. The van der Waals surface area contributed by atoms with Gasteiger partial charge in [-0.3, -0.25) is 0 Å². The van der Waals surface area contributed by atoms with Crippen LogP contribution in [0.4, 0.5) is 20.2 Å². The Balaban J connectivity index is 2.11. The van der Waals surface area contributed by atoms with Crippen LogP contribution in [0.5, 0.6) is 0 Å². The summed E-state index contributed by atoms with van der Waals surface area (Å²) in [5.41, 5.74) is 1.37. The Kier molecular flexibility index (Phi) is 2.49.